The molecule has 1 heterocycles. The molecule has 0 unspecified atom stereocenters. The van der Waals surface area contributed by atoms with Gasteiger partial charge in [-0.25, -0.2) is 14.2 Å². The fourth-order valence-electron chi connectivity index (χ4n) is 1.71. The first-order valence-electron chi connectivity index (χ1n) is 5.58. The van der Waals surface area contributed by atoms with Gasteiger partial charge in [-0.1, -0.05) is 11.6 Å². The molecule has 1 aromatic heterocycles. The molecule has 100 valence electrons. The highest BCUT2D eigenvalue weighted by Gasteiger charge is 2.17. The van der Waals surface area contributed by atoms with E-state index in [0.717, 1.165) is 0 Å². The Hall–Kier alpha value is -1.88. The molecule has 0 atom stereocenters. The molecule has 0 aliphatic heterocycles. The van der Waals surface area contributed by atoms with Crippen molar-refractivity contribution in [3.05, 3.63) is 34.7 Å². The molecule has 0 amide bonds. The van der Waals surface area contributed by atoms with Gasteiger partial charge in [0.25, 0.3) is 0 Å². The van der Waals surface area contributed by atoms with E-state index in [9.17, 15) is 9.18 Å². The number of nitrogens with zero attached hydrogens (tertiary/aromatic N) is 1. The number of esters is 1. The van der Waals surface area contributed by atoms with Gasteiger partial charge in [0.05, 0.1) is 24.1 Å². The number of carbonyl (C=O) groups excluding carboxylic acids is 1. The van der Waals surface area contributed by atoms with Gasteiger partial charge in [-0.15, -0.1) is 0 Å². The topological polar surface area (TPSA) is 48.4 Å². The number of benzene rings is 1. The first kappa shape index (κ1) is 13.5. The van der Waals surface area contributed by atoms with Crippen molar-refractivity contribution in [3.8, 4) is 5.75 Å². The summed E-state index contributed by atoms with van der Waals surface area (Å²) in [5.74, 6) is -0.939. The largest absolute Gasteiger partial charge is 0.493 e. The summed E-state index contributed by atoms with van der Waals surface area (Å²) in [6.07, 6.45) is 0. The SMILES string of the molecule is CCOc1cc(C(=O)OC)nc2c(F)ccc(Cl)c12. The van der Waals surface area contributed by atoms with Crippen LogP contribution in [-0.2, 0) is 4.74 Å². The van der Waals surface area contributed by atoms with Crippen LogP contribution in [0.15, 0.2) is 18.2 Å². The highest BCUT2D eigenvalue weighted by molar-refractivity contribution is 6.36. The minimum Gasteiger partial charge on any atom is -0.493 e. The molecule has 1 aromatic carbocycles. The zero-order chi connectivity index (χ0) is 14.0. The third-order valence-corrected chi connectivity index (χ3v) is 2.83. The molecule has 0 saturated carbocycles. The van der Waals surface area contributed by atoms with Gasteiger partial charge in [-0.3, -0.25) is 0 Å². The minimum absolute atomic E-state index is 0.0150. The van der Waals surface area contributed by atoms with Crippen LogP contribution in [0.1, 0.15) is 17.4 Å². The second kappa shape index (κ2) is 5.40. The van der Waals surface area contributed by atoms with E-state index in [4.69, 9.17) is 16.3 Å². The van der Waals surface area contributed by atoms with Crippen molar-refractivity contribution in [2.24, 2.45) is 0 Å². The predicted octanol–water partition coefficient (Wildman–Crippen LogP) is 3.21. The lowest BCUT2D eigenvalue weighted by molar-refractivity contribution is 0.0594. The van der Waals surface area contributed by atoms with Crippen molar-refractivity contribution in [1.82, 2.24) is 4.98 Å². The van der Waals surface area contributed by atoms with Gasteiger partial charge in [-0.05, 0) is 19.1 Å². The number of hydrogen-bond acceptors (Lipinski definition) is 4. The normalized spacial score (nSPS) is 10.5. The number of ether oxygens (including phenoxy) is 2. The lowest BCUT2D eigenvalue weighted by Crippen LogP contribution is -2.06. The number of fused-ring (bicyclic) bond motifs is 1. The first-order valence-corrected chi connectivity index (χ1v) is 5.96. The smallest absolute Gasteiger partial charge is 0.356 e. The zero-order valence-corrected chi connectivity index (χ0v) is 11.1. The maximum absolute atomic E-state index is 13.8. The van der Waals surface area contributed by atoms with Crippen LogP contribution >= 0.6 is 11.6 Å². The number of halogens is 2. The van der Waals surface area contributed by atoms with Crippen molar-refractivity contribution >= 4 is 28.5 Å². The van der Waals surface area contributed by atoms with E-state index in [1.54, 1.807) is 6.92 Å². The van der Waals surface area contributed by atoms with Crippen LogP contribution in [0, 0.1) is 5.82 Å². The predicted molar refractivity (Wildman–Crippen MR) is 69.2 cm³/mol. The molecular formula is C13H11ClFNO3. The molecule has 0 bridgehead atoms. The molecular weight excluding hydrogens is 273 g/mol. The van der Waals surface area contributed by atoms with Gasteiger partial charge >= 0.3 is 5.97 Å². The Morgan fingerprint density at radius 3 is 2.84 bits per heavy atom. The maximum atomic E-state index is 13.8. The monoisotopic (exact) mass is 283 g/mol. The Morgan fingerprint density at radius 2 is 2.21 bits per heavy atom. The van der Waals surface area contributed by atoms with Crippen molar-refractivity contribution in [1.29, 1.82) is 0 Å². The van der Waals surface area contributed by atoms with Crippen molar-refractivity contribution in [3.63, 3.8) is 0 Å². The van der Waals surface area contributed by atoms with Crippen LogP contribution in [0.4, 0.5) is 4.39 Å². The Labute approximate surface area is 114 Å². The summed E-state index contributed by atoms with van der Waals surface area (Å²) in [6.45, 7) is 2.13. The lowest BCUT2D eigenvalue weighted by Gasteiger charge is -2.11. The van der Waals surface area contributed by atoms with E-state index in [1.807, 2.05) is 0 Å². The summed E-state index contributed by atoms with van der Waals surface area (Å²) in [5.41, 5.74) is -0.0431. The zero-order valence-electron chi connectivity index (χ0n) is 10.4. The Kier molecular flexibility index (Phi) is 3.85. The number of carbonyl (C=O) groups is 1. The van der Waals surface area contributed by atoms with Crippen LogP contribution in [-0.4, -0.2) is 24.7 Å². The first-order chi connectivity index (χ1) is 9.08. The van der Waals surface area contributed by atoms with Crippen LogP contribution in [0.2, 0.25) is 5.02 Å². The quantitative estimate of drug-likeness (QED) is 0.812. The van der Waals surface area contributed by atoms with Gasteiger partial charge in [0, 0.05) is 6.07 Å². The van der Waals surface area contributed by atoms with E-state index in [-0.39, 0.29) is 11.2 Å². The minimum atomic E-state index is -0.665. The Balaban J connectivity index is 2.79. The highest BCUT2D eigenvalue weighted by atomic mass is 35.5. The molecule has 4 nitrogen and oxygen atoms in total. The Morgan fingerprint density at radius 1 is 1.47 bits per heavy atom. The third-order valence-electron chi connectivity index (χ3n) is 2.52. The van der Waals surface area contributed by atoms with Crippen molar-refractivity contribution in [2.75, 3.05) is 13.7 Å². The fraction of sp³-hybridized carbons (Fsp3) is 0.231. The average molecular weight is 284 g/mol. The molecule has 6 heteroatoms. The lowest BCUT2D eigenvalue weighted by atomic mass is 10.1. The van der Waals surface area contributed by atoms with Gasteiger partial charge in [-0.2, -0.15) is 0 Å². The number of pyridine rings is 1. The summed E-state index contributed by atoms with van der Waals surface area (Å²) in [5, 5.41) is 0.653. The fourth-order valence-corrected chi connectivity index (χ4v) is 1.96. The average Bonchev–Trinajstić information content (AvgIpc) is 2.42. The molecule has 0 spiro atoms. The van der Waals surface area contributed by atoms with Crippen molar-refractivity contribution in [2.45, 2.75) is 6.92 Å². The van der Waals surface area contributed by atoms with Crippen molar-refractivity contribution < 1.29 is 18.7 Å². The van der Waals surface area contributed by atoms with Gasteiger partial charge in [0.2, 0.25) is 0 Å². The van der Waals surface area contributed by atoms with Crippen LogP contribution in [0.25, 0.3) is 10.9 Å². The number of aromatic nitrogens is 1. The van der Waals surface area contributed by atoms with Gasteiger partial charge in [0.15, 0.2) is 5.69 Å². The number of methoxy groups -OCH3 is 1. The maximum Gasteiger partial charge on any atom is 0.356 e. The highest BCUT2D eigenvalue weighted by Crippen LogP contribution is 2.33. The van der Waals surface area contributed by atoms with Gasteiger partial charge < -0.3 is 9.47 Å². The Bertz CT molecular complexity index is 645. The van der Waals surface area contributed by atoms with Crippen LogP contribution in [0.3, 0.4) is 0 Å². The standard InChI is InChI=1S/C13H11ClFNO3/c1-3-19-10-6-9(13(17)18-2)16-12-8(15)5-4-7(14)11(10)12/h4-6H,3H2,1-2H3. The molecule has 0 fully saturated rings. The molecule has 0 radical (unpaired) electrons. The van der Waals surface area contributed by atoms with Crippen LogP contribution in [0.5, 0.6) is 5.75 Å². The summed E-state index contributed by atoms with van der Waals surface area (Å²) < 4.78 is 23.8. The summed E-state index contributed by atoms with van der Waals surface area (Å²) >= 11 is 6.03. The molecule has 0 aliphatic carbocycles. The molecule has 0 N–H and O–H groups in total. The van der Waals surface area contributed by atoms with E-state index < -0.39 is 11.8 Å². The van der Waals surface area contributed by atoms with E-state index in [2.05, 4.69) is 9.72 Å². The summed E-state index contributed by atoms with van der Waals surface area (Å²) in [7, 11) is 1.23. The summed E-state index contributed by atoms with van der Waals surface area (Å²) in [4.78, 5) is 15.4. The molecule has 0 saturated heterocycles. The summed E-state index contributed by atoms with van der Waals surface area (Å²) in [6, 6.07) is 4.00. The van der Waals surface area contributed by atoms with E-state index in [1.165, 1.54) is 25.3 Å². The molecule has 19 heavy (non-hydrogen) atoms. The molecule has 0 aliphatic rings. The molecule has 2 aromatic rings. The van der Waals surface area contributed by atoms with E-state index in [0.29, 0.717) is 22.8 Å². The molecule has 2 rings (SSSR count). The second-order valence-corrected chi connectivity index (χ2v) is 4.09. The number of rotatable bonds is 3. The third kappa shape index (κ3) is 2.46. The van der Waals surface area contributed by atoms with Gasteiger partial charge in [0.1, 0.15) is 17.1 Å². The number of hydrogen-bond donors (Lipinski definition) is 0. The van der Waals surface area contributed by atoms with Crippen LogP contribution < -0.4 is 4.74 Å². The second-order valence-electron chi connectivity index (χ2n) is 3.68. The van der Waals surface area contributed by atoms with E-state index >= 15 is 0 Å².